The lowest BCUT2D eigenvalue weighted by Gasteiger charge is -2.37. The second kappa shape index (κ2) is 9.56. The van der Waals surface area contributed by atoms with Crippen molar-refractivity contribution in [1.82, 2.24) is 9.21 Å². The maximum absolute atomic E-state index is 13.5. The molecule has 7 nitrogen and oxygen atoms in total. The number of ether oxygens (including phenoxy) is 1. The van der Waals surface area contributed by atoms with E-state index in [0.717, 1.165) is 0 Å². The topological polar surface area (TPSA) is 87.2 Å². The summed E-state index contributed by atoms with van der Waals surface area (Å²) in [6.07, 6.45) is -0.477. The Bertz CT molecular complexity index is 1070. The van der Waals surface area contributed by atoms with Crippen LogP contribution in [0.1, 0.15) is 20.8 Å². The fourth-order valence-electron chi connectivity index (χ4n) is 3.66. The van der Waals surface area contributed by atoms with Crippen LogP contribution in [0.15, 0.2) is 47.4 Å². The highest BCUT2D eigenvalue weighted by Gasteiger charge is 2.38. The molecule has 0 fully saturated rings. The Morgan fingerprint density at radius 1 is 1.25 bits per heavy atom. The van der Waals surface area contributed by atoms with Gasteiger partial charge in [0.25, 0.3) is 0 Å². The van der Waals surface area contributed by atoms with Gasteiger partial charge in [-0.3, -0.25) is 4.79 Å². The average Bonchev–Trinajstić information content (AvgIpc) is 2.75. The summed E-state index contributed by atoms with van der Waals surface area (Å²) < 4.78 is 47.8. The van der Waals surface area contributed by atoms with Crippen molar-refractivity contribution < 1.29 is 27.4 Å². The predicted molar refractivity (Wildman–Crippen MR) is 119 cm³/mol. The van der Waals surface area contributed by atoms with Crippen molar-refractivity contribution in [1.29, 1.82) is 0 Å². The van der Waals surface area contributed by atoms with Gasteiger partial charge in [-0.1, -0.05) is 25.1 Å². The van der Waals surface area contributed by atoms with Crippen LogP contribution in [0.2, 0.25) is 0 Å². The van der Waals surface area contributed by atoms with E-state index in [1.54, 1.807) is 38.2 Å². The molecule has 1 aliphatic rings. The molecule has 1 heterocycles. The summed E-state index contributed by atoms with van der Waals surface area (Å²) in [5, 5.41) is 9.69. The number of sulfonamides is 1. The van der Waals surface area contributed by atoms with Gasteiger partial charge in [-0.15, -0.1) is 0 Å². The summed E-state index contributed by atoms with van der Waals surface area (Å²) in [4.78, 5) is 13.3. The minimum Gasteiger partial charge on any atom is -0.487 e. The summed E-state index contributed by atoms with van der Waals surface area (Å²) in [6, 6.07) is 10.0. The fourth-order valence-corrected chi connectivity index (χ4v) is 5.49. The number of amides is 1. The van der Waals surface area contributed by atoms with Crippen LogP contribution in [0.25, 0.3) is 11.1 Å². The minimum absolute atomic E-state index is 0.00830. The number of fused-ring (bicyclic) bond motifs is 1. The molecule has 0 spiro atoms. The second-order valence-corrected chi connectivity index (χ2v) is 10.2. The van der Waals surface area contributed by atoms with Crippen molar-refractivity contribution in [3.8, 4) is 16.9 Å². The Kier molecular flexibility index (Phi) is 7.22. The molecule has 0 aliphatic carbocycles. The Morgan fingerprint density at radius 3 is 2.47 bits per heavy atom. The fraction of sp³-hybridized carbons (Fsp3) is 0.435. The van der Waals surface area contributed by atoms with Crippen molar-refractivity contribution in [3.63, 3.8) is 0 Å². The van der Waals surface area contributed by atoms with Crippen molar-refractivity contribution in [2.24, 2.45) is 5.92 Å². The van der Waals surface area contributed by atoms with Gasteiger partial charge < -0.3 is 14.7 Å². The van der Waals surface area contributed by atoms with E-state index in [4.69, 9.17) is 4.74 Å². The molecule has 2 aromatic carbocycles. The summed E-state index contributed by atoms with van der Waals surface area (Å²) in [7, 11) is -2.29. The van der Waals surface area contributed by atoms with Crippen LogP contribution in [-0.4, -0.2) is 67.5 Å². The molecule has 0 radical (unpaired) electrons. The van der Waals surface area contributed by atoms with Crippen LogP contribution < -0.4 is 4.74 Å². The molecule has 174 valence electrons. The molecule has 0 unspecified atom stereocenters. The van der Waals surface area contributed by atoms with E-state index in [2.05, 4.69) is 0 Å². The lowest BCUT2D eigenvalue weighted by molar-refractivity contribution is -0.129. The monoisotopic (exact) mass is 464 g/mol. The van der Waals surface area contributed by atoms with Crippen molar-refractivity contribution in [3.05, 3.63) is 48.3 Å². The van der Waals surface area contributed by atoms with Gasteiger partial charge in [-0.05, 0) is 42.3 Å². The Hall–Kier alpha value is -2.49. The number of benzene rings is 2. The first-order valence-corrected chi connectivity index (χ1v) is 11.9. The molecule has 0 saturated heterocycles. The summed E-state index contributed by atoms with van der Waals surface area (Å²) in [5.74, 6) is -0.594. The van der Waals surface area contributed by atoms with Crippen LogP contribution in [-0.2, 0) is 14.8 Å². The number of carbonyl (C=O) groups excluding carboxylic acids is 1. The van der Waals surface area contributed by atoms with Crippen LogP contribution in [0.3, 0.4) is 0 Å². The molecule has 1 amide bonds. The van der Waals surface area contributed by atoms with Gasteiger partial charge in [0, 0.05) is 32.5 Å². The average molecular weight is 465 g/mol. The number of halogens is 1. The first kappa shape index (κ1) is 24.2. The van der Waals surface area contributed by atoms with Gasteiger partial charge in [-0.2, -0.15) is 4.31 Å². The van der Waals surface area contributed by atoms with Crippen molar-refractivity contribution in [2.45, 2.75) is 37.8 Å². The van der Waals surface area contributed by atoms with E-state index in [0.29, 0.717) is 11.1 Å². The zero-order valence-electron chi connectivity index (χ0n) is 18.7. The molecule has 3 atom stereocenters. The molecule has 1 aliphatic heterocycles. The van der Waals surface area contributed by atoms with Gasteiger partial charge in [0.2, 0.25) is 15.9 Å². The Morgan fingerprint density at radius 2 is 1.88 bits per heavy atom. The maximum Gasteiger partial charge on any atom is 0.247 e. The molecule has 3 rings (SSSR count). The quantitative estimate of drug-likeness (QED) is 0.735. The standard InChI is InChI=1S/C23H29FN2O5S/c1-15-12-26(16(2)14-27)32(29,30)23-10-7-19(18-5-8-20(24)9-6-18)11-21(23)31-22(15)13-25(4)17(3)28/h5-11,15-16,22,27H,12-14H2,1-4H3/t15-,16-,22+/m1/s1. The normalized spacial score (nSPS) is 21.6. The number of nitrogens with zero attached hydrogens (tertiary/aromatic N) is 2. The van der Waals surface area contributed by atoms with E-state index >= 15 is 0 Å². The molecule has 0 aromatic heterocycles. The van der Waals surface area contributed by atoms with E-state index in [1.165, 1.54) is 34.3 Å². The van der Waals surface area contributed by atoms with Gasteiger partial charge in [0.05, 0.1) is 13.2 Å². The SMILES string of the molecule is CC(=O)N(C)C[C@@H]1Oc2cc(-c3ccc(F)cc3)ccc2S(=O)(=O)N([C@H](C)CO)C[C@H]1C. The second-order valence-electron chi connectivity index (χ2n) is 8.31. The molecule has 2 aromatic rings. The van der Waals surface area contributed by atoms with Gasteiger partial charge >= 0.3 is 0 Å². The zero-order valence-corrected chi connectivity index (χ0v) is 19.5. The zero-order chi connectivity index (χ0) is 23.6. The van der Waals surface area contributed by atoms with E-state index in [1.807, 2.05) is 6.92 Å². The first-order valence-electron chi connectivity index (χ1n) is 10.5. The summed E-state index contributed by atoms with van der Waals surface area (Å²) in [6.45, 7) is 5.06. The van der Waals surface area contributed by atoms with Crippen molar-refractivity contribution >= 4 is 15.9 Å². The largest absolute Gasteiger partial charge is 0.487 e. The molecule has 0 saturated carbocycles. The number of carbonyl (C=O) groups is 1. The highest BCUT2D eigenvalue weighted by atomic mass is 32.2. The summed E-state index contributed by atoms with van der Waals surface area (Å²) in [5.41, 5.74) is 1.39. The molecule has 0 bridgehead atoms. The lowest BCUT2D eigenvalue weighted by Crippen LogP contribution is -2.50. The highest BCUT2D eigenvalue weighted by Crippen LogP contribution is 2.36. The van der Waals surface area contributed by atoms with Gasteiger partial charge in [0.1, 0.15) is 22.6 Å². The smallest absolute Gasteiger partial charge is 0.247 e. The van der Waals surface area contributed by atoms with Crippen molar-refractivity contribution in [2.75, 3.05) is 26.7 Å². The number of hydrogen-bond acceptors (Lipinski definition) is 5. The predicted octanol–water partition coefficient (Wildman–Crippen LogP) is 2.74. The number of hydrogen-bond donors (Lipinski definition) is 1. The van der Waals surface area contributed by atoms with Crippen LogP contribution >= 0.6 is 0 Å². The molecule has 1 N–H and O–H groups in total. The maximum atomic E-state index is 13.5. The van der Waals surface area contributed by atoms with Crippen LogP contribution in [0.5, 0.6) is 5.75 Å². The highest BCUT2D eigenvalue weighted by molar-refractivity contribution is 7.89. The molecular weight excluding hydrogens is 435 g/mol. The molecule has 32 heavy (non-hydrogen) atoms. The third-order valence-corrected chi connectivity index (χ3v) is 7.86. The van der Waals surface area contributed by atoms with Crippen LogP contribution in [0.4, 0.5) is 4.39 Å². The Balaban J connectivity index is 2.13. The van der Waals surface area contributed by atoms with Crippen LogP contribution in [0, 0.1) is 11.7 Å². The number of likely N-dealkylation sites (N-methyl/N-ethyl adjacent to an activating group) is 1. The van der Waals surface area contributed by atoms with E-state index in [-0.39, 0.29) is 48.0 Å². The third kappa shape index (κ3) is 4.95. The Labute approximate surface area is 188 Å². The molecule has 9 heteroatoms. The van der Waals surface area contributed by atoms with E-state index in [9.17, 15) is 22.7 Å². The van der Waals surface area contributed by atoms with E-state index < -0.39 is 22.2 Å². The lowest BCUT2D eigenvalue weighted by atomic mass is 10.0. The molecular formula is C23H29FN2O5S. The first-order chi connectivity index (χ1) is 15.0. The van der Waals surface area contributed by atoms with Gasteiger partial charge in [-0.25, -0.2) is 12.8 Å². The summed E-state index contributed by atoms with van der Waals surface area (Å²) >= 11 is 0. The minimum atomic E-state index is -3.95. The number of rotatable bonds is 5. The third-order valence-electron chi connectivity index (χ3n) is 5.84. The number of aliphatic hydroxyl groups is 1. The van der Waals surface area contributed by atoms with Gasteiger partial charge in [0.15, 0.2) is 0 Å². The number of aliphatic hydroxyl groups excluding tert-OH is 1.